The molecule has 1 N–H and O–H groups in total. The lowest BCUT2D eigenvalue weighted by Crippen LogP contribution is -2.07. The van der Waals surface area contributed by atoms with E-state index in [0.717, 1.165) is 0 Å². The minimum absolute atomic E-state index is 0.0191. The molecule has 1 aromatic rings. The van der Waals surface area contributed by atoms with E-state index in [4.69, 9.17) is 5.11 Å². The Hall–Kier alpha value is -1.36. The minimum Gasteiger partial charge on any atom is -0.481 e. The van der Waals surface area contributed by atoms with Gasteiger partial charge in [0.25, 0.3) is 0 Å². The van der Waals surface area contributed by atoms with Crippen molar-refractivity contribution >= 4 is 15.8 Å². The number of benzene rings is 1. The number of hydrogen-bond acceptors (Lipinski definition) is 3. The standard InChI is InChI=1S/C11H14O4S/c1-8(11(12)13)10-5-3-9(4-6-10)7-16(2,14)15/h3-6,8H,7H2,1-2H3,(H,12,13). The highest BCUT2D eigenvalue weighted by Crippen LogP contribution is 2.16. The SMILES string of the molecule is CC(C(=O)O)c1ccc(CS(C)(=O)=O)cc1. The molecule has 1 aromatic carbocycles. The highest BCUT2D eigenvalue weighted by molar-refractivity contribution is 7.89. The Morgan fingerprint density at radius 2 is 1.81 bits per heavy atom. The van der Waals surface area contributed by atoms with E-state index in [-0.39, 0.29) is 5.75 Å². The first-order chi connectivity index (χ1) is 7.29. The van der Waals surface area contributed by atoms with Crippen LogP contribution in [0.4, 0.5) is 0 Å². The summed E-state index contributed by atoms with van der Waals surface area (Å²) in [5.74, 6) is -1.49. The van der Waals surface area contributed by atoms with E-state index in [1.807, 2.05) is 0 Å². The number of rotatable bonds is 4. The number of carboxylic acids is 1. The van der Waals surface area contributed by atoms with Gasteiger partial charge in [0, 0.05) is 6.26 Å². The Labute approximate surface area is 94.8 Å². The zero-order valence-electron chi connectivity index (χ0n) is 9.17. The van der Waals surface area contributed by atoms with Crippen molar-refractivity contribution < 1.29 is 18.3 Å². The Kier molecular flexibility index (Phi) is 3.70. The van der Waals surface area contributed by atoms with E-state index in [0.29, 0.717) is 11.1 Å². The summed E-state index contributed by atoms with van der Waals surface area (Å²) < 4.78 is 22.1. The molecule has 0 saturated heterocycles. The van der Waals surface area contributed by atoms with Gasteiger partial charge in [0.1, 0.15) is 0 Å². The molecule has 1 unspecified atom stereocenters. The van der Waals surface area contributed by atoms with Crippen LogP contribution in [0.25, 0.3) is 0 Å². The molecule has 0 aliphatic carbocycles. The summed E-state index contributed by atoms with van der Waals surface area (Å²) >= 11 is 0. The molecule has 1 rings (SSSR count). The molecule has 4 nitrogen and oxygen atoms in total. The summed E-state index contributed by atoms with van der Waals surface area (Å²) in [6.07, 6.45) is 1.17. The molecule has 0 amide bonds. The lowest BCUT2D eigenvalue weighted by Gasteiger charge is -2.07. The van der Waals surface area contributed by atoms with Crippen LogP contribution in [0.1, 0.15) is 24.0 Å². The average Bonchev–Trinajstić information content (AvgIpc) is 2.15. The monoisotopic (exact) mass is 242 g/mol. The van der Waals surface area contributed by atoms with Crippen LogP contribution in [-0.4, -0.2) is 25.7 Å². The van der Waals surface area contributed by atoms with Gasteiger partial charge in [-0.2, -0.15) is 0 Å². The first-order valence-corrected chi connectivity index (χ1v) is 6.85. The van der Waals surface area contributed by atoms with Crippen molar-refractivity contribution in [1.82, 2.24) is 0 Å². The quantitative estimate of drug-likeness (QED) is 0.866. The van der Waals surface area contributed by atoms with Crippen molar-refractivity contribution in [2.45, 2.75) is 18.6 Å². The van der Waals surface area contributed by atoms with Gasteiger partial charge in [0.15, 0.2) is 9.84 Å². The molecule has 0 spiro atoms. The molecule has 0 aliphatic heterocycles. The van der Waals surface area contributed by atoms with Gasteiger partial charge >= 0.3 is 5.97 Å². The summed E-state index contributed by atoms with van der Waals surface area (Å²) in [4.78, 5) is 10.7. The number of carbonyl (C=O) groups is 1. The molecular weight excluding hydrogens is 228 g/mol. The lowest BCUT2D eigenvalue weighted by atomic mass is 10.0. The van der Waals surface area contributed by atoms with Crippen LogP contribution in [0.3, 0.4) is 0 Å². The van der Waals surface area contributed by atoms with E-state index in [2.05, 4.69) is 0 Å². The molecule has 0 radical (unpaired) electrons. The highest BCUT2D eigenvalue weighted by Gasteiger charge is 2.13. The number of hydrogen-bond donors (Lipinski definition) is 1. The molecular formula is C11H14O4S. The zero-order valence-corrected chi connectivity index (χ0v) is 9.99. The molecule has 0 aromatic heterocycles. The predicted octanol–water partition coefficient (Wildman–Crippen LogP) is 1.42. The van der Waals surface area contributed by atoms with Gasteiger partial charge < -0.3 is 5.11 Å². The summed E-state index contributed by atoms with van der Waals surface area (Å²) in [6.45, 7) is 1.59. The van der Waals surface area contributed by atoms with Crippen LogP contribution >= 0.6 is 0 Å². The van der Waals surface area contributed by atoms with Gasteiger partial charge in [0.2, 0.25) is 0 Å². The summed E-state index contributed by atoms with van der Waals surface area (Å²) in [5, 5.41) is 8.80. The van der Waals surface area contributed by atoms with E-state index in [1.165, 1.54) is 6.26 Å². The summed E-state index contributed by atoms with van der Waals surface area (Å²) in [6, 6.07) is 6.60. The molecule has 88 valence electrons. The molecule has 0 bridgehead atoms. The maximum absolute atomic E-state index is 11.0. The topological polar surface area (TPSA) is 71.4 Å². The number of carboxylic acid groups (broad SMARTS) is 1. The van der Waals surface area contributed by atoms with E-state index >= 15 is 0 Å². The van der Waals surface area contributed by atoms with Gasteiger partial charge in [-0.25, -0.2) is 8.42 Å². The van der Waals surface area contributed by atoms with Gasteiger partial charge in [-0.15, -0.1) is 0 Å². The molecule has 0 fully saturated rings. The molecule has 0 saturated carbocycles. The van der Waals surface area contributed by atoms with Gasteiger partial charge in [-0.3, -0.25) is 4.79 Å². The van der Waals surface area contributed by atoms with Crippen LogP contribution in [0.2, 0.25) is 0 Å². The maximum atomic E-state index is 11.0. The van der Waals surface area contributed by atoms with E-state index in [1.54, 1.807) is 31.2 Å². The third-order valence-corrected chi connectivity index (χ3v) is 3.14. The third kappa shape index (κ3) is 3.66. The second kappa shape index (κ2) is 4.65. The van der Waals surface area contributed by atoms with Crippen LogP contribution in [-0.2, 0) is 20.4 Å². The van der Waals surface area contributed by atoms with Crippen molar-refractivity contribution in [1.29, 1.82) is 0 Å². The number of sulfone groups is 1. The maximum Gasteiger partial charge on any atom is 0.310 e. The zero-order chi connectivity index (χ0) is 12.3. The fourth-order valence-electron chi connectivity index (χ4n) is 1.35. The Morgan fingerprint density at radius 3 is 2.19 bits per heavy atom. The molecule has 0 heterocycles. The fourth-order valence-corrected chi connectivity index (χ4v) is 2.15. The predicted molar refractivity (Wildman–Crippen MR) is 61.0 cm³/mol. The average molecular weight is 242 g/mol. The minimum atomic E-state index is -3.04. The molecule has 5 heteroatoms. The van der Waals surface area contributed by atoms with Gasteiger partial charge in [-0.05, 0) is 18.1 Å². The smallest absolute Gasteiger partial charge is 0.310 e. The van der Waals surface area contributed by atoms with E-state index < -0.39 is 21.7 Å². The summed E-state index contributed by atoms with van der Waals surface area (Å²) in [5.41, 5.74) is 1.34. The largest absolute Gasteiger partial charge is 0.481 e. The third-order valence-electron chi connectivity index (χ3n) is 2.28. The van der Waals surface area contributed by atoms with Gasteiger partial charge in [0.05, 0.1) is 11.7 Å². The normalized spacial score (nSPS) is 13.4. The molecule has 0 aliphatic rings. The van der Waals surface area contributed by atoms with Crippen molar-refractivity contribution in [2.24, 2.45) is 0 Å². The highest BCUT2D eigenvalue weighted by atomic mass is 32.2. The number of aliphatic carboxylic acids is 1. The lowest BCUT2D eigenvalue weighted by molar-refractivity contribution is -0.138. The second-order valence-electron chi connectivity index (χ2n) is 3.87. The Morgan fingerprint density at radius 1 is 1.31 bits per heavy atom. The van der Waals surface area contributed by atoms with Crippen LogP contribution < -0.4 is 0 Å². The van der Waals surface area contributed by atoms with Crippen molar-refractivity contribution in [3.8, 4) is 0 Å². The first kappa shape index (κ1) is 12.7. The van der Waals surface area contributed by atoms with Crippen LogP contribution in [0.5, 0.6) is 0 Å². The van der Waals surface area contributed by atoms with Crippen LogP contribution in [0, 0.1) is 0 Å². The summed E-state index contributed by atoms with van der Waals surface area (Å²) in [7, 11) is -3.04. The van der Waals surface area contributed by atoms with Crippen molar-refractivity contribution in [3.63, 3.8) is 0 Å². The molecule has 16 heavy (non-hydrogen) atoms. The van der Waals surface area contributed by atoms with Crippen LogP contribution in [0.15, 0.2) is 24.3 Å². The molecule has 1 atom stereocenters. The van der Waals surface area contributed by atoms with Crippen molar-refractivity contribution in [2.75, 3.05) is 6.26 Å². The van der Waals surface area contributed by atoms with Gasteiger partial charge in [-0.1, -0.05) is 24.3 Å². The fraction of sp³-hybridized carbons (Fsp3) is 0.364. The Balaban J connectivity index is 2.87. The van der Waals surface area contributed by atoms with Crippen molar-refractivity contribution in [3.05, 3.63) is 35.4 Å². The first-order valence-electron chi connectivity index (χ1n) is 4.79. The Bertz CT molecular complexity index is 473. The van der Waals surface area contributed by atoms with E-state index in [9.17, 15) is 13.2 Å². The second-order valence-corrected chi connectivity index (χ2v) is 6.01.